The van der Waals surface area contributed by atoms with Crippen LogP contribution in [0.3, 0.4) is 0 Å². The maximum atomic E-state index is 10.2. The second-order valence-electron chi connectivity index (χ2n) is 10.1. The van der Waals surface area contributed by atoms with E-state index in [1.807, 2.05) is 0 Å². The molecule has 0 amide bonds. The zero-order chi connectivity index (χ0) is 51.9. The number of hydrogen-bond acceptors (Lipinski definition) is 3. The van der Waals surface area contributed by atoms with Crippen LogP contribution in [-0.4, -0.2) is 15.0 Å². The second-order valence-corrected chi connectivity index (χ2v) is 10.1. The van der Waals surface area contributed by atoms with Crippen LogP contribution in [0, 0.1) is 0 Å². The Morgan fingerprint density at radius 1 is 0.304 bits per heavy atom. The molecule has 0 N–H and O–H groups in total. The molecule has 0 radical (unpaired) electrons. The summed E-state index contributed by atoms with van der Waals surface area (Å²) in [6.45, 7) is 0. The van der Waals surface area contributed by atoms with Gasteiger partial charge in [-0.05, 0) is 76.7 Å². The Kier molecular flexibility index (Phi) is 2.31. The summed E-state index contributed by atoms with van der Waals surface area (Å²) in [5.41, 5.74) is -2.21. The van der Waals surface area contributed by atoms with Crippen molar-refractivity contribution in [2.75, 3.05) is 0 Å². The quantitative estimate of drug-likeness (QED) is 0.187. The topological polar surface area (TPSA) is 38.7 Å². The monoisotopic (exact) mass is 608 g/mol. The molecular weight excluding hydrogens is 558 g/mol. The maximum Gasteiger partial charge on any atom is 0.164 e. The molecule has 1 aromatic heterocycles. The molecule has 0 aliphatic heterocycles. The van der Waals surface area contributed by atoms with Crippen LogP contribution in [0.2, 0.25) is 0 Å². The van der Waals surface area contributed by atoms with Crippen LogP contribution in [0.5, 0.6) is 0 Å². The van der Waals surface area contributed by atoms with Gasteiger partial charge in [-0.2, -0.15) is 0 Å². The molecule has 0 saturated carbocycles. The summed E-state index contributed by atoms with van der Waals surface area (Å²) in [6, 6.07) is -21.3. The molecule has 0 bridgehead atoms. The summed E-state index contributed by atoms with van der Waals surface area (Å²) in [7, 11) is 0. The maximum absolute atomic E-state index is 10.2. The van der Waals surface area contributed by atoms with E-state index in [1.165, 1.54) is 0 Å². The number of aromatic nitrogens is 3. The lowest BCUT2D eigenvalue weighted by atomic mass is 9.87. The lowest BCUT2D eigenvalue weighted by Crippen LogP contribution is -2.00. The molecule has 3 nitrogen and oxygen atoms in total. The normalized spacial score (nSPS) is 19.5. The Morgan fingerprint density at radius 2 is 0.696 bits per heavy atom. The zero-order valence-electron chi connectivity index (χ0n) is 47.8. The highest BCUT2D eigenvalue weighted by atomic mass is 15.0. The predicted molar refractivity (Wildman–Crippen MR) is 192 cm³/mol. The Bertz CT molecular complexity index is 4080. The fraction of sp³-hybridized carbons (Fsp3) is 0. The van der Waals surface area contributed by atoms with E-state index in [0.29, 0.717) is 0 Å². The first-order valence-electron chi connectivity index (χ1n) is 26.1. The van der Waals surface area contributed by atoms with Crippen molar-refractivity contribution in [2.45, 2.75) is 0 Å². The van der Waals surface area contributed by atoms with Gasteiger partial charge in [0, 0.05) is 16.7 Å². The van der Waals surface area contributed by atoms with Crippen molar-refractivity contribution in [3.63, 3.8) is 0 Å². The lowest BCUT2D eigenvalue weighted by Gasteiger charge is -2.17. The molecule has 0 unspecified atom stereocenters. The van der Waals surface area contributed by atoms with Crippen LogP contribution in [-0.2, 0) is 0 Å². The fourth-order valence-electron chi connectivity index (χ4n) is 5.67. The number of nitrogens with zero attached hydrogens (tertiary/aromatic N) is 3. The Hall–Kier alpha value is -6.19. The molecule has 9 aromatic carbocycles. The van der Waals surface area contributed by atoms with Crippen molar-refractivity contribution in [1.29, 1.82) is 0 Å². The van der Waals surface area contributed by atoms with E-state index in [9.17, 15) is 11.0 Å². The van der Waals surface area contributed by atoms with Crippen molar-refractivity contribution in [1.82, 2.24) is 15.0 Å². The highest BCUT2D eigenvalue weighted by molar-refractivity contribution is 6.37. The van der Waals surface area contributed by atoms with Gasteiger partial charge in [-0.1, -0.05) is 139 Å². The van der Waals surface area contributed by atoms with Gasteiger partial charge in [-0.15, -0.1) is 0 Å². The molecular formula is C43H25N3. The number of fused-ring (bicyclic) bond motifs is 2. The third-order valence-electron chi connectivity index (χ3n) is 7.56. The first-order chi connectivity index (χ1) is 33.2. The molecule has 0 spiro atoms. The summed E-state index contributed by atoms with van der Waals surface area (Å²) in [4.78, 5) is 13.0. The minimum absolute atomic E-state index is 0.404. The van der Waals surface area contributed by atoms with Gasteiger partial charge in [0.15, 0.2) is 17.5 Å². The number of benzene rings is 8. The predicted octanol–water partition coefficient (Wildman–Crippen LogP) is 11.2. The molecule has 10 aromatic rings. The SMILES string of the molecule is [2H]c1c([2H])c([2H])c(-c2nc(-c3c([2H])c([2H])c([2H])c([2H])c3[2H])nc(-c3c([2H])c4c([2H])c([2H])c5c([2H])c([2H])c([2H])c6c7c([2H])c([2H])c([2H])c8c([2H])c([2H])c9c([2H])c([2H])c([2H])c(c(c3[2H])c4c56)c9c87)n2)c([2H])c1[2H]. The molecule has 0 aliphatic rings. The number of rotatable bonds is 3. The van der Waals surface area contributed by atoms with Crippen LogP contribution in [0.4, 0.5) is 0 Å². The average Bonchev–Trinajstić information content (AvgIpc) is 3.32. The van der Waals surface area contributed by atoms with Gasteiger partial charge in [0.1, 0.15) is 0 Å². The molecule has 0 fully saturated rings. The van der Waals surface area contributed by atoms with Gasteiger partial charge < -0.3 is 0 Å². The van der Waals surface area contributed by atoms with E-state index in [2.05, 4.69) is 15.0 Å². The van der Waals surface area contributed by atoms with E-state index in [0.717, 1.165) is 0 Å². The highest BCUT2D eigenvalue weighted by Gasteiger charge is 2.18. The zero-order valence-corrected chi connectivity index (χ0v) is 22.8. The third-order valence-corrected chi connectivity index (χ3v) is 7.56. The molecule has 10 rings (SSSR count). The van der Waals surface area contributed by atoms with Crippen molar-refractivity contribution in [3.05, 3.63) is 151 Å². The summed E-state index contributed by atoms with van der Waals surface area (Å²) < 4.78 is 225. The molecule has 0 saturated heterocycles. The van der Waals surface area contributed by atoms with Crippen LogP contribution in [0.1, 0.15) is 34.3 Å². The van der Waals surface area contributed by atoms with E-state index < -0.39 is 250 Å². The fourth-order valence-corrected chi connectivity index (χ4v) is 5.67. The van der Waals surface area contributed by atoms with Crippen LogP contribution >= 0.6 is 0 Å². The average molecular weight is 609 g/mol. The lowest BCUT2D eigenvalue weighted by molar-refractivity contribution is 1.07. The van der Waals surface area contributed by atoms with E-state index in [1.54, 1.807) is 0 Å². The van der Waals surface area contributed by atoms with E-state index in [-0.39, 0.29) is 0 Å². The number of hydrogen-bond donors (Lipinski definition) is 0. The molecule has 3 heteroatoms. The van der Waals surface area contributed by atoms with Crippen LogP contribution < -0.4 is 0 Å². The largest absolute Gasteiger partial charge is 0.208 e. The van der Waals surface area contributed by atoms with E-state index in [4.69, 9.17) is 23.3 Å². The highest BCUT2D eigenvalue weighted by Crippen LogP contribution is 2.44. The van der Waals surface area contributed by atoms with Crippen molar-refractivity contribution in [3.8, 4) is 34.2 Å². The van der Waals surface area contributed by atoms with Gasteiger partial charge in [0.25, 0.3) is 0 Å². The minimum atomic E-state index is -0.926. The van der Waals surface area contributed by atoms with Crippen molar-refractivity contribution < 1.29 is 34.3 Å². The van der Waals surface area contributed by atoms with Gasteiger partial charge in [0.05, 0.1) is 34.3 Å². The summed E-state index contributed by atoms with van der Waals surface area (Å²) in [6.07, 6.45) is 0. The smallest absolute Gasteiger partial charge is 0.164 e. The molecule has 0 aliphatic carbocycles. The molecule has 1 heterocycles. The molecule has 0 atom stereocenters. The summed E-state index contributed by atoms with van der Waals surface area (Å²) >= 11 is 0. The summed E-state index contributed by atoms with van der Waals surface area (Å²) in [5, 5.41) is -6.06. The Morgan fingerprint density at radius 3 is 1.17 bits per heavy atom. The van der Waals surface area contributed by atoms with Gasteiger partial charge in [0.2, 0.25) is 0 Å². The Balaban J connectivity index is 1.59. The van der Waals surface area contributed by atoms with E-state index >= 15 is 0 Å². The van der Waals surface area contributed by atoms with Gasteiger partial charge in [-0.25, -0.2) is 15.0 Å². The first-order valence-corrected chi connectivity index (χ1v) is 13.6. The van der Waals surface area contributed by atoms with Crippen molar-refractivity contribution >= 4 is 64.6 Å². The van der Waals surface area contributed by atoms with Crippen LogP contribution in [0.25, 0.3) is 98.8 Å². The molecule has 46 heavy (non-hydrogen) atoms. The minimum Gasteiger partial charge on any atom is -0.208 e. The third kappa shape index (κ3) is 3.69. The first kappa shape index (κ1) is 11.0. The molecule has 212 valence electrons. The van der Waals surface area contributed by atoms with Gasteiger partial charge in [-0.3, -0.25) is 0 Å². The van der Waals surface area contributed by atoms with Gasteiger partial charge >= 0.3 is 0 Å². The second kappa shape index (κ2) is 9.65. The van der Waals surface area contributed by atoms with Crippen molar-refractivity contribution in [2.24, 2.45) is 0 Å². The Labute approximate surface area is 299 Å². The summed E-state index contributed by atoms with van der Waals surface area (Å²) in [5.74, 6) is -2.47. The van der Waals surface area contributed by atoms with Crippen LogP contribution in [0.15, 0.2) is 151 Å². The standard InChI is InChI=1S/C43H25N3/c1-3-10-29(11-4-1)41-44-42(30-12-5-2-6-13-30)46-43(45-41)32-24-31-23-22-28-15-8-18-34-33-17-7-14-26-20-21-27-16-9-19-35(39(27)37(26)33)36(25-32)40(31)38(28)34/h1-25H/i1D,2D,3D,4D,5D,6D,7D,8D,9D,10D,11D,12D,13D,14D,15D,16D,17D,18D,19D,20D,21D,22D,23D,24D,25D.